The Morgan fingerprint density at radius 3 is 2.75 bits per heavy atom. The van der Waals surface area contributed by atoms with Crippen LogP contribution in [-0.4, -0.2) is 6.34 Å². The summed E-state index contributed by atoms with van der Waals surface area (Å²) in [6.45, 7) is 1.97. The van der Waals surface area contributed by atoms with E-state index in [0.717, 1.165) is 11.3 Å². The molecular formula is C8H10N4. The third kappa shape index (κ3) is 2.16. The van der Waals surface area contributed by atoms with Crippen molar-refractivity contribution in [3.05, 3.63) is 29.8 Å². The highest BCUT2D eigenvalue weighted by molar-refractivity contribution is 5.55. The number of nitrogens with zero attached hydrogens (tertiary/aromatic N) is 3. The van der Waals surface area contributed by atoms with Gasteiger partial charge in [-0.1, -0.05) is 18.2 Å². The zero-order chi connectivity index (χ0) is 8.81. The van der Waals surface area contributed by atoms with Crippen LogP contribution < -0.4 is 5.84 Å². The van der Waals surface area contributed by atoms with E-state index in [1.807, 2.05) is 31.2 Å². The minimum atomic E-state index is 0.831. The van der Waals surface area contributed by atoms with Crippen LogP contribution in [0.4, 0.5) is 5.69 Å². The van der Waals surface area contributed by atoms with Crippen LogP contribution in [0.5, 0.6) is 0 Å². The van der Waals surface area contributed by atoms with Crippen molar-refractivity contribution in [2.45, 2.75) is 6.92 Å². The van der Waals surface area contributed by atoms with Crippen molar-refractivity contribution in [2.24, 2.45) is 21.2 Å². The fraction of sp³-hybridized carbons (Fsp3) is 0.125. The molecule has 0 saturated heterocycles. The molecule has 0 spiro atoms. The average Bonchev–Trinajstić information content (AvgIpc) is 2.09. The number of azo groups is 1. The smallest absolute Gasteiger partial charge is 0.157 e. The maximum absolute atomic E-state index is 4.85. The molecule has 0 aliphatic carbocycles. The quantitative estimate of drug-likeness (QED) is 0.233. The first-order chi connectivity index (χ1) is 5.84. The van der Waals surface area contributed by atoms with Gasteiger partial charge in [0.15, 0.2) is 6.34 Å². The van der Waals surface area contributed by atoms with Crippen molar-refractivity contribution in [3.8, 4) is 0 Å². The number of benzene rings is 1. The van der Waals surface area contributed by atoms with Crippen LogP contribution in [-0.2, 0) is 0 Å². The summed E-state index contributed by atoms with van der Waals surface area (Å²) in [5.41, 5.74) is 1.91. The van der Waals surface area contributed by atoms with Gasteiger partial charge in [0, 0.05) is 0 Å². The Morgan fingerprint density at radius 1 is 1.33 bits per heavy atom. The molecule has 2 N–H and O–H groups in total. The molecule has 0 atom stereocenters. The van der Waals surface area contributed by atoms with Gasteiger partial charge in [-0.05, 0) is 18.6 Å². The summed E-state index contributed by atoms with van der Waals surface area (Å²) < 4.78 is 0. The number of hydrogen-bond acceptors (Lipinski definition) is 3. The molecule has 0 bridgehead atoms. The van der Waals surface area contributed by atoms with Crippen LogP contribution in [0.1, 0.15) is 5.56 Å². The summed E-state index contributed by atoms with van der Waals surface area (Å²) in [6.07, 6.45) is 1.20. The lowest BCUT2D eigenvalue weighted by Crippen LogP contribution is -1.77. The van der Waals surface area contributed by atoms with Gasteiger partial charge in [-0.15, -0.1) is 10.2 Å². The summed E-state index contributed by atoms with van der Waals surface area (Å²) in [4.78, 5) is 0. The Morgan fingerprint density at radius 2 is 2.08 bits per heavy atom. The highest BCUT2D eigenvalue weighted by atomic mass is 15.2. The highest BCUT2D eigenvalue weighted by Gasteiger charge is 1.91. The van der Waals surface area contributed by atoms with E-state index in [2.05, 4.69) is 15.3 Å². The summed E-state index contributed by atoms with van der Waals surface area (Å²) in [7, 11) is 0. The van der Waals surface area contributed by atoms with Crippen LogP contribution >= 0.6 is 0 Å². The van der Waals surface area contributed by atoms with Crippen molar-refractivity contribution in [1.29, 1.82) is 0 Å². The van der Waals surface area contributed by atoms with E-state index >= 15 is 0 Å². The molecule has 4 heteroatoms. The molecule has 0 heterocycles. The van der Waals surface area contributed by atoms with Gasteiger partial charge in [-0.3, -0.25) is 0 Å². The van der Waals surface area contributed by atoms with E-state index in [0.29, 0.717) is 0 Å². The molecule has 1 rings (SSSR count). The lowest BCUT2D eigenvalue weighted by molar-refractivity contribution is 1.20. The average molecular weight is 162 g/mol. The molecule has 12 heavy (non-hydrogen) atoms. The maximum Gasteiger partial charge on any atom is 0.157 e. The largest absolute Gasteiger partial charge is 0.322 e. The Bertz CT molecular complexity index is 304. The monoisotopic (exact) mass is 162 g/mol. The molecule has 0 radical (unpaired) electrons. The van der Waals surface area contributed by atoms with E-state index in [1.54, 1.807) is 0 Å². The van der Waals surface area contributed by atoms with Crippen LogP contribution in [0.25, 0.3) is 0 Å². The minimum Gasteiger partial charge on any atom is -0.322 e. The molecule has 4 nitrogen and oxygen atoms in total. The molecule has 0 amide bonds. The summed E-state index contributed by atoms with van der Waals surface area (Å²) in [5, 5.41) is 10.7. The Kier molecular flexibility index (Phi) is 2.95. The van der Waals surface area contributed by atoms with Gasteiger partial charge in [0.05, 0.1) is 5.69 Å². The zero-order valence-electron chi connectivity index (χ0n) is 6.81. The SMILES string of the molecule is Cc1ccccc1N=NC=NN. The number of hydrazone groups is 1. The first-order valence-electron chi connectivity index (χ1n) is 3.53. The highest BCUT2D eigenvalue weighted by Crippen LogP contribution is 2.16. The van der Waals surface area contributed by atoms with E-state index in [-0.39, 0.29) is 0 Å². The van der Waals surface area contributed by atoms with Crippen molar-refractivity contribution < 1.29 is 0 Å². The number of hydrogen-bond donors (Lipinski definition) is 1. The molecule has 1 aromatic carbocycles. The second-order valence-corrected chi connectivity index (χ2v) is 2.27. The summed E-state index contributed by atoms with van der Waals surface area (Å²) in [6, 6.07) is 7.70. The van der Waals surface area contributed by atoms with Crippen LogP contribution in [0.15, 0.2) is 39.6 Å². The number of aryl methyl sites for hydroxylation is 1. The fourth-order valence-corrected chi connectivity index (χ4v) is 0.793. The Hall–Kier alpha value is -1.71. The lowest BCUT2D eigenvalue weighted by Gasteiger charge is -1.94. The van der Waals surface area contributed by atoms with Crippen molar-refractivity contribution >= 4 is 12.0 Å². The van der Waals surface area contributed by atoms with Crippen molar-refractivity contribution in [3.63, 3.8) is 0 Å². The third-order valence-corrected chi connectivity index (χ3v) is 1.40. The molecule has 0 fully saturated rings. The topological polar surface area (TPSA) is 63.1 Å². The van der Waals surface area contributed by atoms with Gasteiger partial charge >= 0.3 is 0 Å². The predicted octanol–water partition coefficient (Wildman–Crippen LogP) is 1.98. The summed E-state index contributed by atoms with van der Waals surface area (Å²) >= 11 is 0. The van der Waals surface area contributed by atoms with E-state index in [4.69, 9.17) is 5.84 Å². The third-order valence-electron chi connectivity index (χ3n) is 1.40. The molecule has 1 aromatic rings. The van der Waals surface area contributed by atoms with Gasteiger partial charge in [-0.2, -0.15) is 5.10 Å². The molecule has 0 saturated carbocycles. The Labute approximate surface area is 70.8 Å². The molecule has 0 aromatic heterocycles. The van der Waals surface area contributed by atoms with E-state index in [9.17, 15) is 0 Å². The minimum absolute atomic E-state index is 0.831. The molecule has 0 aliphatic rings. The fourth-order valence-electron chi connectivity index (χ4n) is 0.793. The standard InChI is InChI=1S/C8H10N4/c1-7-4-2-3-5-8(7)12-11-6-10-9/h2-6H,9H2,1H3. The van der Waals surface area contributed by atoms with Gasteiger partial charge < -0.3 is 5.84 Å². The van der Waals surface area contributed by atoms with Crippen LogP contribution in [0.2, 0.25) is 0 Å². The zero-order valence-corrected chi connectivity index (χ0v) is 6.81. The Balaban J connectivity index is 2.82. The molecule has 0 unspecified atom stereocenters. The van der Waals surface area contributed by atoms with Gasteiger partial charge in [0.25, 0.3) is 0 Å². The maximum atomic E-state index is 4.85. The number of rotatable bonds is 2. The molecular weight excluding hydrogens is 152 g/mol. The first kappa shape index (κ1) is 8.39. The molecule has 0 aliphatic heterocycles. The van der Waals surface area contributed by atoms with Crippen molar-refractivity contribution in [1.82, 2.24) is 0 Å². The van der Waals surface area contributed by atoms with Crippen molar-refractivity contribution in [2.75, 3.05) is 0 Å². The van der Waals surface area contributed by atoms with Gasteiger partial charge in [-0.25, -0.2) is 0 Å². The first-order valence-corrected chi connectivity index (χ1v) is 3.53. The molecule has 62 valence electrons. The van der Waals surface area contributed by atoms with Gasteiger partial charge in [0.1, 0.15) is 0 Å². The predicted molar refractivity (Wildman–Crippen MR) is 48.4 cm³/mol. The van der Waals surface area contributed by atoms with Crippen LogP contribution in [0.3, 0.4) is 0 Å². The van der Waals surface area contributed by atoms with E-state index < -0.39 is 0 Å². The summed E-state index contributed by atoms with van der Waals surface area (Å²) in [5.74, 6) is 4.85. The number of nitrogens with two attached hydrogens (primary N) is 1. The normalized spacial score (nSPS) is 11.4. The van der Waals surface area contributed by atoms with Gasteiger partial charge in [0.2, 0.25) is 0 Å². The van der Waals surface area contributed by atoms with E-state index in [1.165, 1.54) is 6.34 Å². The lowest BCUT2D eigenvalue weighted by atomic mass is 10.2. The van der Waals surface area contributed by atoms with Crippen LogP contribution in [0, 0.1) is 6.92 Å². The second-order valence-electron chi connectivity index (χ2n) is 2.27. The second kappa shape index (κ2) is 4.23.